The highest BCUT2D eigenvalue weighted by Gasteiger charge is 2.25. The Morgan fingerprint density at radius 2 is 1.84 bits per heavy atom. The maximum Gasteiger partial charge on any atom is 0.363 e. The Morgan fingerprint density at radius 3 is 2.47 bits per heavy atom. The molecular weight excluding hydrogens is 408 g/mol. The van der Waals surface area contributed by atoms with Crippen LogP contribution in [0.3, 0.4) is 0 Å². The Bertz CT molecular complexity index is 1060. The van der Waals surface area contributed by atoms with Gasteiger partial charge in [-0.1, -0.05) is 39.0 Å². The van der Waals surface area contributed by atoms with E-state index >= 15 is 0 Å². The molecule has 0 aliphatic carbocycles. The van der Waals surface area contributed by atoms with Crippen molar-refractivity contribution in [2.24, 2.45) is 4.99 Å². The minimum Gasteiger partial charge on any atom is -0.493 e. The van der Waals surface area contributed by atoms with Crippen LogP contribution in [0.2, 0.25) is 0 Å². The van der Waals surface area contributed by atoms with Gasteiger partial charge in [0.25, 0.3) is 5.91 Å². The van der Waals surface area contributed by atoms with Crippen LogP contribution in [0.15, 0.2) is 53.2 Å². The molecule has 7 nitrogen and oxygen atoms in total. The lowest BCUT2D eigenvalue weighted by Crippen LogP contribution is -2.28. The summed E-state index contributed by atoms with van der Waals surface area (Å²) in [6.45, 7) is 8.68. The van der Waals surface area contributed by atoms with Crippen LogP contribution in [-0.4, -0.2) is 38.0 Å². The van der Waals surface area contributed by atoms with E-state index in [0.717, 1.165) is 5.56 Å². The van der Waals surface area contributed by atoms with Crippen molar-refractivity contribution in [3.8, 4) is 11.5 Å². The molecule has 32 heavy (non-hydrogen) atoms. The lowest BCUT2D eigenvalue weighted by atomic mass is 9.87. The average Bonchev–Trinajstić information content (AvgIpc) is 3.12. The number of aliphatic imine (C=N–C) groups is 1. The number of esters is 1. The second-order valence-corrected chi connectivity index (χ2v) is 8.32. The van der Waals surface area contributed by atoms with Crippen LogP contribution in [0.25, 0.3) is 6.08 Å². The van der Waals surface area contributed by atoms with Crippen LogP contribution < -0.4 is 14.8 Å². The van der Waals surface area contributed by atoms with Crippen molar-refractivity contribution in [3.05, 3.63) is 64.9 Å². The molecule has 1 aliphatic heterocycles. The number of nitrogens with zero attached hydrogens (tertiary/aromatic N) is 1. The van der Waals surface area contributed by atoms with Crippen molar-refractivity contribution >= 4 is 23.9 Å². The normalized spacial score (nSPS) is 14.7. The molecule has 7 heteroatoms. The first-order valence-corrected chi connectivity index (χ1v) is 10.4. The first kappa shape index (κ1) is 23.1. The molecule has 0 bridgehead atoms. The number of carbonyl (C=O) groups is 2. The number of ether oxygens (including phenoxy) is 3. The maximum atomic E-state index is 12.3. The zero-order valence-electron chi connectivity index (χ0n) is 19.0. The highest BCUT2D eigenvalue weighted by molar-refractivity contribution is 6.12. The third kappa shape index (κ3) is 5.55. The van der Waals surface area contributed by atoms with Crippen molar-refractivity contribution < 1.29 is 23.8 Å². The molecule has 0 radical (unpaired) electrons. The summed E-state index contributed by atoms with van der Waals surface area (Å²) in [7, 11) is 1.51. The van der Waals surface area contributed by atoms with Gasteiger partial charge >= 0.3 is 5.97 Å². The van der Waals surface area contributed by atoms with Crippen molar-refractivity contribution in [2.75, 3.05) is 20.3 Å². The molecule has 0 atom stereocenters. The van der Waals surface area contributed by atoms with E-state index in [1.54, 1.807) is 24.3 Å². The molecule has 168 valence electrons. The minimum atomic E-state index is -0.518. The van der Waals surface area contributed by atoms with Gasteiger partial charge in [0.1, 0.15) is 0 Å². The van der Waals surface area contributed by atoms with E-state index in [9.17, 15) is 9.59 Å². The van der Waals surface area contributed by atoms with E-state index in [1.807, 2.05) is 31.2 Å². The van der Waals surface area contributed by atoms with E-state index in [4.69, 9.17) is 14.2 Å². The molecule has 0 saturated carbocycles. The van der Waals surface area contributed by atoms with Gasteiger partial charge in [0.05, 0.1) is 7.11 Å². The molecule has 1 amide bonds. The van der Waals surface area contributed by atoms with Crippen LogP contribution in [0, 0.1) is 0 Å². The number of cyclic esters (lactones) is 1. The summed E-state index contributed by atoms with van der Waals surface area (Å²) in [4.78, 5) is 28.3. The molecule has 0 saturated heterocycles. The lowest BCUT2D eigenvalue weighted by Gasteiger charge is -2.18. The van der Waals surface area contributed by atoms with Gasteiger partial charge in [-0.15, -0.1) is 0 Å². The second-order valence-electron chi connectivity index (χ2n) is 8.32. The van der Waals surface area contributed by atoms with Gasteiger partial charge in [-0.25, -0.2) is 9.79 Å². The van der Waals surface area contributed by atoms with Gasteiger partial charge in [0.15, 0.2) is 23.8 Å². The molecule has 0 aromatic heterocycles. The number of hydrogen-bond donors (Lipinski definition) is 1. The fraction of sp³-hybridized carbons (Fsp3) is 0.320. The number of benzene rings is 2. The smallest absolute Gasteiger partial charge is 0.363 e. The fourth-order valence-corrected chi connectivity index (χ4v) is 3.09. The summed E-state index contributed by atoms with van der Waals surface area (Å²) in [6, 6.07) is 13.0. The summed E-state index contributed by atoms with van der Waals surface area (Å²) in [5.41, 5.74) is 2.84. The maximum absolute atomic E-state index is 12.3. The zero-order chi connectivity index (χ0) is 23.3. The van der Waals surface area contributed by atoms with Crippen molar-refractivity contribution in [1.82, 2.24) is 5.32 Å². The average molecular weight is 437 g/mol. The molecular formula is C25H28N2O5. The van der Waals surface area contributed by atoms with Gasteiger partial charge in [-0.2, -0.15) is 0 Å². The SMILES string of the molecule is CCNC(=O)COc1ccc(C=C2N=C(c3ccc(C(C)(C)C)cc3)OC2=O)cc1OC. The standard InChI is InChI=1S/C25H28N2O5/c1-6-26-22(28)15-31-20-12-7-16(14-21(20)30-5)13-19-24(29)32-23(27-19)17-8-10-18(11-9-17)25(2,3)4/h7-14H,6,15H2,1-5H3,(H,26,28). The Hall–Kier alpha value is -3.61. The van der Waals surface area contributed by atoms with E-state index in [0.29, 0.717) is 23.6 Å². The topological polar surface area (TPSA) is 86.2 Å². The van der Waals surface area contributed by atoms with E-state index < -0.39 is 5.97 Å². The van der Waals surface area contributed by atoms with Gasteiger partial charge in [-0.3, -0.25) is 4.79 Å². The Labute approximate surface area is 188 Å². The van der Waals surface area contributed by atoms with Crippen molar-refractivity contribution in [1.29, 1.82) is 0 Å². The number of likely N-dealkylation sites (N-methyl/N-ethyl adjacent to an activating group) is 1. The number of hydrogen-bond acceptors (Lipinski definition) is 6. The third-order valence-corrected chi connectivity index (χ3v) is 4.84. The van der Waals surface area contributed by atoms with Crippen LogP contribution in [0.1, 0.15) is 44.4 Å². The van der Waals surface area contributed by atoms with Gasteiger partial charge < -0.3 is 19.5 Å². The quantitative estimate of drug-likeness (QED) is 0.526. The molecule has 1 aliphatic rings. The summed E-state index contributed by atoms with van der Waals surface area (Å²) in [5.74, 6) is 0.410. The summed E-state index contributed by atoms with van der Waals surface area (Å²) in [5, 5.41) is 2.67. The van der Waals surface area contributed by atoms with Crippen LogP contribution in [0.4, 0.5) is 0 Å². The van der Waals surface area contributed by atoms with Crippen LogP contribution in [0.5, 0.6) is 11.5 Å². The van der Waals surface area contributed by atoms with Gasteiger partial charge in [0.2, 0.25) is 5.90 Å². The van der Waals surface area contributed by atoms with Crippen LogP contribution in [-0.2, 0) is 19.7 Å². The predicted octanol–water partition coefficient (Wildman–Crippen LogP) is 3.85. The molecule has 0 unspecified atom stereocenters. The molecule has 2 aromatic carbocycles. The van der Waals surface area contributed by atoms with Gasteiger partial charge in [-0.05, 0) is 53.8 Å². The Kier molecular flexibility index (Phi) is 6.98. The molecule has 3 rings (SSSR count). The highest BCUT2D eigenvalue weighted by atomic mass is 16.6. The monoisotopic (exact) mass is 436 g/mol. The lowest BCUT2D eigenvalue weighted by molar-refractivity contribution is -0.130. The molecule has 0 spiro atoms. The van der Waals surface area contributed by atoms with Gasteiger partial charge in [0, 0.05) is 12.1 Å². The molecule has 0 fully saturated rings. The first-order valence-electron chi connectivity index (χ1n) is 10.4. The van der Waals surface area contributed by atoms with E-state index in [2.05, 4.69) is 31.1 Å². The molecule has 1 heterocycles. The largest absolute Gasteiger partial charge is 0.493 e. The summed E-state index contributed by atoms with van der Waals surface area (Å²) in [6.07, 6.45) is 1.62. The number of rotatable bonds is 7. The van der Waals surface area contributed by atoms with Crippen molar-refractivity contribution in [2.45, 2.75) is 33.1 Å². The second kappa shape index (κ2) is 9.68. The summed E-state index contributed by atoms with van der Waals surface area (Å²) < 4.78 is 16.2. The highest BCUT2D eigenvalue weighted by Crippen LogP contribution is 2.30. The number of amides is 1. The number of methoxy groups -OCH3 is 1. The Morgan fingerprint density at radius 1 is 1.12 bits per heavy atom. The molecule has 2 aromatic rings. The van der Waals surface area contributed by atoms with E-state index in [1.165, 1.54) is 12.7 Å². The van der Waals surface area contributed by atoms with Crippen LogP contribution >= 0.6 is 0 Å². The summed E-state index contributed by atoms with van der Waals surface area (Å²) >= 11 is 0. The minimum absolute atomic E-state index is 0.0342. The number of carbonyl (C=O) groups excluding carboxylic acids is 2. The Balaban J connectivity index is 1.79. The fourth-order valence-electron chi connectivity index (χ4n) is 3.09. The van der Waals surface area contributed by atoms with Crippen molar-refractivity contribution in [3.63, 3.8) is 0 Å². The first-order chi connectivity index (χ1) is 15.2. The predicted molar refractivity (Wildman–Crippen MR) is 123 cm³/mol. The zero-order valence-corrected chi connectivity index (χ0v) is 19.0. The third-order valence-electron chi connectivity index (χ3n) is 4.84. The number of nitrogens with one attached hydrogen (secondary N) is 1. The van der Waals surface area contributed by atoms with E-state index in [-0.39, 0.29) is 29.5 Å². The molecule has 1 N–H and O–H groups in total.